The molecule has 2 amide bonds. The van der Waals surface area contributed by atoms with E-state index in [1.54, 1.807) is 6.20 Å². The molecular weight excluding hydrogens is 236 g/mol. The van der Waals surface area contributed by atoms with Gasteiger partial charge in [0.1, 0.15) is 0 Å². The van der Waals surface area contributed by atoms with Crippen molar-refractivity contribution >= 4 is 11.7 Å². The standard InChI is InChI=1S/C16H22N2O/c1-12-6-5-9-15(13(12)2)18-16(19)17-11-10-14-7-3-4-8-14/h5-6,9-11,14H,3-4,7-8H2,1-2H3,(H2,17,18,19)/b11-10+. The Morgan fingerprint density at radius 3 is 2.74 bits per heavy atom. The third kappa shape index (κ3) is 3.85. The van der Waals surface area contributed by atoms with Gasteiger partial charge in [-0.2, -0.15) is 0 Å². The van der Waals surface area contributed by atoms with Gasteiger partial charge in [0.2, 0.25) is 0 Å². The molecule has 0 aliphatic heterocycles. The van der Waals surface area contributed by atoms with Crippen LogP contribution in [0.2, 0.25) is 0 Å². The van der Waals surface area contributed by atoms with Gasteiger partial charge in [-0.25, -0.2) is 4.79 Å². The lowest BCUT2D eigenvalue weighted by atomic mass is 10.1. The summed E-state index contributed by atoms with van der Waals surface area (Å²) in [5, 5.41) is 5.65. The molecule has 0 bridgehead atoms. The molecule has 0 aromatic heterocycles. The maximum atomic E-state index is 11.8. The summed E-state index contributed by atoms with van der Waals surface area (Å²) in [7, 11) is 0. The zero-order valence-corrected chi connectivity index (χ0v) is 11.7. The van der Waals surface area contributed by atoms with E-state index in [1.807, 2.05) is 32.0 Å². The number of amides is 2. The number of urea groups is 1. The highest BCUT2D eigenvalue weighted by atomic mass is 16.2. The van der Waals surface area contributed by atoms with Gasteiger partial charge in [0.15, 0.2) is 0 Å². The van der Waals surface area contributed by atoms with Crippen molar-refractivity contribution in [2.45, 2.75) is 39.5 Å². The van der Waals surface area contributed by atoms with Gasteiger partial charge < -0.3 is 10.6 Å². The van der Waals surface area contributed by atoms with E-state index in [2.05, 4.69) is 16.7 Å². The quantitative estimate of drug-likeness (QED) is 0.841. The Balaban J connectivity index is 1.85. The Morgan fingerprint density at radius 1 is 1.26 bits per heavy atom. The molecule has 0 heterocycles. The van der Waals surface area contributed by atoms with E-state index in [9.17, 15) is 4.79 Å². The average Bonchev–Trinajstić information content (AvgIpc) is 2.88. The van der Waals surface area contributed by atoms with Crippen molar-refractivity contribution in [1.29, 1.82) is 0 Å². The van der Waals surface area contributed by atoms with Crippen LogP contribution in [0.25, 0.3) is 0 Å². The summed E-state index contributed by atoms with van der Waals surface area (Å²) in [5.41, 5.74) is 3.16. The van der Waals surface area contributed by atoms with E-state index >= 15 is 0 Å². The molecule has 0 radical (unpaired) electrons. The van der Waals surface area contributed by atoms with Gasteiger partial charge in [0.25, 0.3) is 0 Å². The first-order valence-electron chi connectivity index (χ1n) is 6.97. The lowest BCUT2D eigenvalue weighted by Gasteiger charge is -2.10. The molecule has 0 unspecified atom stereocenters. The maximum absolute atomic E-state index is 11.8. The Morgan fingerprint density at radius 2 is 2.00 bits per heavy atom. The fraction of sp³-hybridized carbons (Fsp3) is 0.438. The average molecular weight is 258 g/mol. The molecule has 1 aliphatic rings. The van der Waals surface area contributed by atoms with E-state index in [0.717, 1.165) is 11.3 Å². The number of carbonyl (C=O) groups excluding carboxylic acids is 1. The summed E-state index contributed by atoms with van der Waals surface area (Å²) < 4.78 is 0. The fourth-order valence-electron chi connectivity index (χ4n) is 2.45. The first-order chi connectivity index (χ1) is 9.16. The van der Waals surface area contributed by atoms with Crippen LogP contribution in [0, 0.1) is 19.8 Å². The summed E-state index contributed by atoms with van der Waals surface area (Å²) in [6.07, 6.45) is 8.99. The van der Waals surface area contributed by atoms with Crippen LogP contribution in [-0.4, -0.2) is 6.03 Å². The molecule has 1 aromatic carbocycles. The van der Waals surface area contributed by atoms with Crippen LogP contribution in [0.5, 0.6) is 0 Å². The predicted molar refractivity (Wildman–Crippen MR) is 79.2 cm³/mol. The van der Waals surface area contributed by atoms with Crippen LogP contribution < -0.4 is 10.6 Å². The minimum Gasteiger partial charge on any atom is -0.315 e. The van der Waals surface area contributed by atoms with Crippen molar-refractivity contribution in [2.75, 3.05) is 5.32 Å². The van der Waals surface area contributed by atoms with Crippen LogP contribution in [0.4, 0.5) is 10.5 Å². The van der Waals surface area contributed by atoms with Crippen molar-refractivity contribution in [1.82, 2.24) is 5.32 Å². The van der Waals surface area contributed by atoms with Crippen LogP contribution >= 0.6 is 0 Å². The molecule has 2 rings (SSSR count). The summed E-state index contributed by atoms with van der Waals surface area (Å²) in [6.45, 7) is 4.05. The zero-order chi connectivity index (χ0) is 13.7. The predicted octanol–water partition coefficient (Wildman–Crippen LogP) is 4.13. The van der Waals surface area contributed by atoms with Crippen molar-refractivity contribution < 1.29 is 4.79 Å². The molecule has 0 saturated heterocycles. The summed E-state index contributed by atoms with van der Waals surface area (Å²) in [6, 6.07) is 5.73. The minimum absolute atomic E-state index is 0.178. The van der Waals surface area contributed by atoms with E-state index < -0.39 is 0 Å². The van der Waals surface area contributed by atoms with Gasteiger partial charge in [-0.3, -0.25) is 0 Å². The lowest BCUT2D eigenvalue weighted by Crippen LogP contribution is -2.24. The number of benzene rings is 1. The maximum Gasteiger partial charge on any atom is 0.323 e. The van der Waals surface area contributed by atoms with Gasteiger partial charge in [-0.15, -0.1) is 0 Å². The molecule has 1 aliphatic carbocycles. The number of hydrogen-bond donors (Lipinski definition) is 2. The minimum atomic E-state index is -0.178. The Hall–Kier alpha value is -1.77. The van der Waals surface area contributed by atoms with Crippen molar-refractivity contribution in [2.24, 2.45) is 5.92 Å². The number of aryl methyl sites for hydroxylation is 1. The van der Waals surface area contributed by atoms with Gasteiger partial charge in [-0.05, 0) is 49.8 Å². The summed E-state index contributed by atoms with van der Waals surface area (Å²) in [5.74, 6) is 0.640. The number of carbonyl (C=O) groups is 1. The molecule has 1 saturated carbocycles. The van der Waals surface area contributed by atoms with Crippen molar-refractivity contribution in [3.05, 3.63) is 41.6 Å². The molecule has 102 valence electrons. The van der Waals surface area contributed by atoms with Crippen LogP contribution in [0.15, 0.2) is 30.5 Å². The zero-order valence-electron chi connectivity index (χ0n) is 11.7. The first kappa shape index (κ1) is 13.7. The largest absolute Gasteiger partial charge is 0.323 e. The van der Waals surface area contributed by atoms with Crippen LogP contribution in [0.1, 0.15) is 36.8 Å². The van der Waals surface area contributed by atoms with Crippen LogP contribution in [-0.2, 0) is 0 Å². The highest BCUT2D eigenvalue weighted by Crippen LogP contribution is 2.25. The Bertz CT molecular complexity index is 474. The van der Waals surface area contributed by atoms with Gasteiger partial charge in [0, 0.05) is 11.9 Å². The smallest absolute Gasteiger partial charge is 0.315 e. The highest BCUT2D eigenvalue weighted by Gasteiger charge is 2.11. The Kier molecular flexibility index (Phi) is 4.61. The molecular formula is C16H22N2O. The normalized spacial score (nSPS) is 15.9. The molecule has 2 N–H and O–H groups in total. The third-order valence-electron chi connectivity index (χ3n) is 3.84. The molecule has 0 atom stereocenters. The van der Waals surface area contributed by atoms with E-state index in [0.29, 0.717) is 5.92 Å². The van der Waals surface area contributed by atoms with Gasteiger partial charge in [-0.1, -0.05) is 31.1 Å². The van der Waals surface area contributed by atoms with Crippen molar-refractivity contribution in [3.8, 4) is 0 Å². The summed E-state index contributed by atoms with van der Waals surface area (Å²) in [4.78, 5) is 11.8. The second kappa shape index (κ2) is 6.41. The number of hydrogen-bond acceptors (Lipinski definition) is 1. The van der Waals surface area contributed by atoms with E-state index in [-0.39, 0.29) is 6.03 Å². The number of allylic oxidation sites excluding steroid dienone is 1. The topological polar surface area (TPSA) is 41.1 Å². The molecule has 1 aromatic rings. The second-order valence-electron chi connectivity index (χ2n) is 5.25. The fourth-order valence-corrected chi connectivity index (χ4v) is 2.45. The number of anilines is 1. The second-order valence-corrected chi connectivity index (χ2v) is 5.25. The first-order valence-corrected chi connectivity index (χ1v) is 6.97. The van der Waals surface area contributed by atoms with E-state index in [4.69, 9.17) is 0 Å². The van der Waals surface area contributed by atoms with E-state index in [1.165, 1.54) is 31.2 Å². The lowest BCUT2D eigenvalue weighted by molar-refractivity contribution is 0.255. The molecule has 0 spiro atoms. The molecule has 3 nitrogen and oxygen atoms in total. The number of nitrogens with one attached hydrogen (secondary N) is 2. The van der Waals surface area contributed by atoms with Gasteiger partial charge >= 0.3 is 6.03 Å². The SMILES string of the molecule is Cc1cccc(NC(=O)N/C=C/C2CCCC2)c1C. The highest BCUT2D eigenvalue weighted by molar-refractivity contribution is 5.90. The van der Waals surface area contributed by atoms with Crippen molar-refractivity contribution in [3.63, 3.8) is 0 Å². The monoisotopic (exact) mass is 258 g/mol. The third-order valence-corrected chi connectivity index (χ3v) is 3.84. The van der Waals surface area contributed by atoms with Gasteiger partial charge in [0.05, 0.1) is 0 Å². The Labute approximate surface area is 115 Å². The molecule has 1 fully saturated rings. The molecule has 19 heavy (non-hydrogen) atoms. The van der Waals surface area contributed by atoms with Crippen LogP contribution in [0.3, 0.4) is 0 Å². The number of rotatable bonds is 3. The summed E-state index contributed by atoms with van der Waals surface area (Å²) >= 11 is 0. The molecule has 3 heteroatoms.